The molecule has 8 heteroatoms. The van der Waals surface area contributed by atoms with Crippen molar-refractivity contribution in [1.29, 1.82) is 0 Å². The van der Waals surface area contributed by atoms with Crippen LogP contribution < -0.4 is 11.2 Å². The van der Waals surface area contributed by atoms with E-state index in [1.165, 1.54) is 12.1 Å². The van der Waals surface area contributed by atoms with Gasteiger partial charge >= 0.3 is 7.12 Å². The minimum atomic E-state index is -1.95. The molecule has 0 bridgehead atoms. The summed E-state index contributed by atoms with van der Waals surface area (Å²) in [6.45, 7) is 0.0446. The number of carbonyl (C=O) groups is 1. The summed E-state index contributed by atoms with van der Waals surface area (Å²) in [4.78, 5) is 16.8. The SMILES string of the molecule is NC[C@@H](C(=O)Cc1ccc2cnccc2c1)c1ccc(F)c(B(O)O)c1.S. The monoisotopic (exact) mass is 386 g/mol. The number of ketones is 1. The zero-order chi connectivity index (χ0) is 18.7. The molecule has 5 nitrogen and oxygen atoms in total. The smallest absolute Gasteiger partial charge is 0.423 e. The molecule has 0 saturated heterocycles. The first-order valence-electron chi connectivity index (χ1n) is 8.20. The second kappa shape index (κ2) is 9.10. The van der Waals surface area contributed by atoms with E-state index in [1.54, 1.807) is 12.4 Å². The van der Waals surface area contributed by atoms with Crippen LogP contribution in [0, 0.1) is 5.82 Å². The maximum Gasteiger partial charge on any atom is 0.491 e. The summed E-state index contributed by atoms with van der Waals surface area (Å²) in [5.74, 6) is -1.51. The Bertz CT molecular complexity index is 955. The lowest BCUT2D eigenvalue weighted by atomic mass is 9.77. The van der Waals surface area contributed by atoms with E-state index in [9.17, 15) is 19.2 Å². The summed E-state index contributed by atoms with van der Waals surface area (Å²) < 4.78 is 13.6. The van der Waals surface area contributed by atoms with Crippen LogP contribution in [-0.4, -0.2) is 34.5 Å². The quantitative estimate of drug-likeness (QED) is 0.550. The van der Waals surface area contributed by atoms with Gasteiger partial charge in [0.25, 0.3) is 0 Å². The van der Waals surface area contributed by atoms with Gasteiger partial charge in [-0.05, 0) is 28.6 Å². The zero-order valence-electron chi connectivity index (χ0n) is 14.5. The third-order valence-electron chi connectivity index (χ3n) is 4.41. The first-order chi connectivity index (χ1) is 12.5. The highest BCUT2D eigenvalue weighted by Gasteiger charge is 2.23. The van der Waals surface area contributed by atoms with Gasteiger partial charge in [-0.15, -0.1) is 0 Å². The van der Waals surface area contributed by atoms with Crippen LogP contribution in [0.25, 0.3) is 10.8 Å². The molecule has 27 heavy (non-hydrogen) atoms. The summed E-state index contributed by atoms with van der Waals surface area (Å²) in [7, 11) is -1.95. The standard InChI is InChI=1S/C19H18BFN2O3.H2S/c21-18-4-3-14(9-17(18)20(25)26)16(10-22)19(24)8-12-1-2-15-11-23-6-5-13(15)7-12;/h1-7,9,11,16,25-26H,8,10,22H2;1H2/t16-;/m1./s1. The van der Waals surface area contributed by atoms with Gasteiger partial charge in [0.05, 0.1) is 5.92 Å². The molecule has 0 aliphatic carbocycles. The highest BCUT2D eigenvalue weighted by atomic mass is 32.1. The van der Waals surface area contributed by atoms with Crippen LogP contribution in [0.2, 0.25) is 0 Å². The van der Waals surface area contributed by atoms with E-state index < -0.39 is 18.9 Å². The number of benzene rings is 2. The Morgan fingerprint density at radius 2 is 1.93 bits per heavy atom. The number of fused-ring (bicyclic) bond motifs is 1. The molecule has 2 aromatic carbocycles. The summed E-state index contributed by atoms with van der Waals surface area (Å²) >= 11 is 0. The minimum Gasteiger partial charge on any atom is -0.423 e. The number of halogens is 1. The molecule has 0 saturated carbocycles. The van der Waals surface area contributed by atoms with Crippen molar-refractivity contribution < 1.29 is 19.2 Å². The number of rotatable bonds is 6. The molecule has 1 heterocycles. The molecule has 0 amide bonds. The number of carbonyl (C=O) groups excluding carboxylic acids is 1. The van der Waals surface area contributed by atoms with Crippen LogP contribution in [0.3, 0.4) is 0 Å². The van der Waals surface area contributed by atoms with Crippen LogP contribution >= 0.6 is 13.5 Å². The van der Waals surface area contributed by atoms with Crippen molar-refractivity contribution in [2.24, 2.45) is 5.73 Å². The van der Waals surface area contributed by atoms with E-state index in [0.29, 0.717) is 5.56 Å². The molecule has 3 aromatic rings. The van der Waals surface area contributed by atoms with Crippen molar-refractivity contribution >= 4 is 42.6 Å². The fourth-order valence-corrected chi connectivity index (χ4v) is 3.00. The average Bonchev–Trinajstić information content (AvgIpc) is 2.63. The number of hydrogen-bond acceptors (Lipinski definition) is 5. The van der Waals surface area contributed by atoms with E-state index >= 15 is 0 Å². The molecule has 0 unspecified atom stereocenters. The predicted molar refractivity (Wildman–Crippen MR) is 109 cm³/mol. The van der Waals surface area contributed by atoms with Crippen molar-refractivity contribution in [1.82, 2.24) is 4.98 Å². The van der Waals surface area contributed by atoms with Gasteiger partial charge in [-0.2, -0.15) is 13.5 Å². The molecular formula is C19H20BFN2O3S. The van der Waals surface area contributed by atoms with Gasteiger partial charge in [0, 0.05) is 36.2 Å². The number of Topliss-reactive ketones (excluding diaryl/α,β-unsaturated/α-hetero) is 1. The molecular weight excluding hydrogens is 366 g/mol. The summed E-state index contributed by atoms with van der Waals surface area (Å²) in [5.41, 5.74) is 6.80. The zero-order valence-corrected chi connectivity index (χ0v) is 15.5. The van der Waals surface area contributed by atoms with Crippen LogP contribution in [0.5, 0.6) is 0 Å². The molecule has 0 aliphatic rings. The average molecular weight is 386 g/mol. The third kappa shape index (κ3) is 4.73. The minimum absolute atomic E-state index is 0. The van der Waals surface area contributed by atoms with E-state index in [-0.39, 0.29) is 37.7 Å². The maximum atomic E-state index is 13.6. The molecule has 0 fully saturated rings. The number of nitrogens with zero attached hydrogens (tertiary/aromatic N) is 1. The van der Waals surface area contributed by atoms with E-state index in [1.807, 2.05) is 24.3 Å². The summed E-state index contributed by atoms with van der Waals surface area (Å²) in [5, 5.41) is 20.5. The number of pyridine rings is 1. The first kappa shape index (κ1) is 21.0. The lowest BCUT2D eigenvalue weighted by molar-refractivity contribution is -0.119. The highest BCUT2D eigenvalue weighted by molar-refractivity contribution is 7.59. The largest absolute Gasteiger partial charge is 0.491 e. The van der Waals surface area contributed by atoms with Gasteiger partial charge in [0.2, 0.25) is 0 Å². The second-order valence-electron chi connectivity index (χ2n) is 6.14. The number of hydrogen-bond donors (Lipinski definition) is 3. The van der Waals surface area contributed by atoms with Gasteiger partial charge in [-0.1, -0.05) is 30.3 Å². The van der Waals surface area contributed by atoms with Crippen LogP contribution in [0.4, 0.5) is 4.39 Å². The molecule has 140 valence electrons. The van der Waals surface area contributed by atoms with Crippen molar-refractivity contribution in [2.45, 2.75) is 12.3 Å². The Hall–Kier alpha value is -2.26. The molecule has 4 N–H and O–H groups in total. The lowest BCUT2D eigenvalue weighted by Gasteiger charge is -2.16. The predicted octanol–water partition coefficient (Wildman–Crippen LogP) is 1.02. The number of aromatic nitrogens is 1. The topological polar surface area (TPSA) is 96.4 Å². The maximum absolute atomic E-state index is 13.6. The third-order valence-corrected chi connectivity index (χ3v) is 4.41. The molecule has 1 atom stereocenters. The second-order valence-corrected chi connectivity index (χ2v) is 6.14. The number of nitrogens with two attached hydrogens (primary N) is 1. The van der Waals surface area contributed by atoms with E-state index in [4.69, 9.17) is 5.73 Å². The van der Waals surface area contributed by atoms with Gasteiger partial charge in [0.1, 0.15) is 11.6 Å². The van der Waals surface area contributed by atoms with Crippen LogP contribution in [0.1, 0.15) is 17.0 Å². The molecule has 1 aromatic heterocycles. The summed E-state index contributed by atoms with van der Waals surface area (Å²) in [6, 6.07) is 11.4. The van der Waals surface area contributed by atoms with Crippen LogP contribution in [0.15, 0.2) is 54.9 Å². The molecule has 0 aliphatic heterocycles. The van der Waals surface area contributed by atoms with Crippen molar-refractivity contribution in [3.63, 3.8) is 0 Å². The van der Waals surface area contributed by atoms with Gasteiger partial charge in [-0.25, -0.2) is 4.39 Å². The fraction of sp³-hybridized carbons (Fsp3) is 0.158. The summed E-state index contributed by atoms with van der Waals surface area (Å²) in [6.07, 6.45) is 3.62. The van der Waals surface area contributed by atoms with E-state index in [0.717, 1.165) is 22.4 Å². The van der Waals surface area contributed by atoms with Crippen LogP contribution in [-0.2, 0) is 11.2 Å². The Balaban J connectivity index is 0.00000261. The van der Waals surface area contributed by atoms with Gasteiger partial charge in [0.15, 0.2) is 0 Å². The molecule has 3 rings (SSSR count). The lowest BCUT2D eigenvalue weighted by Crippen LogP contribution is -2.34. The fourth-order valence-electron chi connectivity index (χ4n) is 3.00. The van der Waals surface area contributed by atoms with Crippen molar-refractivity contribution in [3.05, 3.63) is 71.8 Å². The van der Waals surface area contributed by atoms with Gasteiger partial charge < -0.3 is 15.8 Å². The molecule has 0 radical (unpaired) electrons. The van der Waals surface area contributed by atoms with Gasteiger partial charge in [-0.3, -0.25) is 9.78 Å². The Morgan fingerprint density at radius 3 is 2.63 bits per heavy atom. The Morgan fingerprint density at radius 1 is 1.15 bits per heavy atom. The van der Waals surface area contributed by atoms with Crippen molar-refractivity contribution in [2.75, 3.05) is 6.54 Å². The normalized spacial score (nSPS) is 11.7. The van der Waals surface area contributed by atoms with E-state index in [2.05, 4.69) is 4.98 Å². The van der Waals surface area contributed by atoms with Crippen molar-refractivity contribution in [3.8, 4) is 0 Å². The first-order valence-corrected chi connectivity index (χ1v) is 8.20. The Labute approximate surface area is 163 Å². The molecule has 0 spiro atoms. The highest BCUT2D eigenvalue weighted by Crippen LogP contribution is 2.20. The Kier molecular flexibility index (Phi) is 7.09.